The lowest BCUT2D eigenvalue weighted by atomic mass is 9.93. The molecular formula is C20H27FN2O4. The molecule has 6 nitrogen and oxygen atoms in total. The Hall–Kier alpha value is -2.44. The molecule has 1 aromatic carbocycles. The molecule has 0 aliphatic carbocycles. The molecular weight excluding hydrogens is 351 g/mol. The second kappa shape index (κ2) is 9.48. The molecule has 1 aromatic rings. The van der Waals surface area contributed by atoms with E-state index in [4.69, 9.17) is 4.74 Å². The molecule has 1 aliphatic rings. The van der Waals surface area contributed by atoms with E-state index in [1.807, 2.05) is 13.8 Å². The molecule has 2 rings (SSSR count). The monoisotopic (exact) mass is 378 g/mol. The number of likely N-dealkylation sites (tertiary alicyclic amines) is 1. The van der Waals surface area contributed by atoms with Crippen molar-refractivity contribution in [3.05, 3.63) is 35.6 Å². The van der Waals surface area contributed by atoms with E-state index in [0.29, 0.717) is 31.5 Å². The van der Waals surface area contributed by atoms with Crippen LogP contribution < -0.4 is 5.32 Å². The van der Waals surface area contributed by atoms with Crippen LogP contribution in [0.2, 0.25) is 0 Å². The summed E-state index contributed by atoms with van der Waals surface area (Å²) >= 11 is 0. The van der Waals surface area contributed by atoms with Crippen LogP contribution in [0, 0.1) is 17.7 Å². The summed E-state index contributed by atoms with van der Waals surface area (Å²) in [6.07, 6.45) is 1.78. The van der Waals surface area contributed by atoms with Crippen LogP contribution in [0.5, 0.6) is 0 Å². The van der Waals surface area contributed by atoms with Crippen LogP contribution in [0.25, 0.3) is 0 Å². The molecule has 0 spiro atoms. The van der Waals surface area contributed by atoms with Crippen LogP contribution >= 0.6 is 0 Å². The lowest BCUT2D eigenvalue weighted by Gasteiger charge is -2.32. The number of nitrogens with zero attached hydrogens (tertiary/aromatic N) is 1. The van der Waals surface area contributed by atoms with Gasteiger partial charge in [0.1, 0.15) is 11.9 Å². The second-order valence-corrected chi connectivity index (χ2v) is 6.97. The molecule has 1 heterocycles. The SMILES string of the molecule is CCC(C)C(NC(=O)C1CCN(C(=O)c2ccc(F)cc2)CC1)C(=O)OC. The van der Waals surface area contributed by atoms with Gasteiger partial charge in [0.25, 0.3) is 5.91 Å². The molecule has 2 unspecified atom stereocenters. The molecule has 2 atom stereocenters. The van der Waals surface area contributed by atoms with Crippen molar-refractivity contribution in [2.45, 2.75) is 39.2 Å². The van der Waals surface area contributed by atoms with E-state index in [1.165, 1.54) is 31.4 Å². The number of methoxy groups -OCH3 is 1. The van der Waals surface area contributed by atoms with Crippen LogP contribution in [0.3, 0.4) is 0 Å². The van der Waals surface area contributed by atoms with Crippen LogP contribution in [0.4, 0.5) is 4.39 Å². The third-order valence-corrected chi connectivity index (χ3v) is 5.21. The van der Waals surface area contributed by atoms with E-state index in [1.54, 1.807) is 4.90 Å². The number of amides is 2. The first-order valence-electron chi connectivity index (χ1n) is 9.30. The molecule has 27 heavy (non-hydrogen) atoms. The molecule has 148 valence electrons. The van der Waals surface area contributed by atoms with Crippen LogP contribution in [0.15, 0.2) is 24.3 Å². The second-order valence-electron chi connectivity index (χ2n) is 6.97. The first-order valence-corrected chi connectivity index (χ1v) is 9.30. The maximum absolute atomic E-state index is 13.0. The molecule has 1 aliphatic heterocycles. The van der Waals surface area contributed by atoms with Crippen molar-refractivity contribution in [3.63, 3.8) is 0 Å². The van der Waals surface area contributed by atoms with Gasteiger partial charge in [-0.3, -0.25) is 9.59 Å². The standard InChI is InChI=1S/C20H27FN2O4/c1-4-13(2)17(20(26)27-3)22-18(24)14-9-11-23(12-10-14)19(25)15-5-7-16(21)8-6-15/h5-8,13-14,17H,4,9-12H2,1-3H3,(H,22,24). The number of rotatable bonds is 6. The number of hydrogen-bond donors (Lipinski definition) is 1. The number of ether oxygens (including phenoxy) is 1. The number of carbonyl (C=O) groups excluding carboxylic acids is 3. The summed E-state index contributed by atoms with van der Waals surface area (Å²) in [6.45, 7) is 4.74. The van der Waals surface area contributed by atoms with Crippen LogP contribution in [-0.4, -0.2) is 48.9 Å². The Balaban J connectivity index is 1.92. The van der Waals surface area contributed by atoms with Crippen LogP contribution in [-0.2, 0) is 14.3 Å². The summed E-state index contributed by atoms with van der Waals surface area (Å²) in [5.41, 5.74) is 0.432. The van der Waals surface area contributed by atoms with Gasteiger partial charge in [-0.2, -0.15) is 0 Å². The summed E-state index contributed by atoms with van der Waals surface area (Å²) < 4.78 is 17.8. The van der Waals surface area contributed by atoms with Gasteiger partial charge >= 0.3 is 5.97 Å². The quantitative estimate of drug-likeness (QED) is 0.771. The molecule has 1 fully saturated rings. The lowest BCUT2D eigenvalue weighted by Crippen LogP contribution is -2.50. The molecule has 0 saturated carbocycles. The Morgan fingerprint density at radius 3 is 2.33 bits per heavy atom. The third-order valence-electron chi connectivity index (χ3n) is 5.21. The van der Waals surface area contributed by atoms with Gasteiger partial charge < -0.3 is 15.0 Å². The fraction of sp³-hybridized carbons (Fsp3) is 0.550. The van der Waals surface area contributed by atoms with E-state index >= 15 is 0 Å². The summed E-state index contributed by atoms with van der Waals surface area (Å²) in [4.78, 5) is 38.6. The molecule has 7 heteroatoms. The number of hydrogen-bond acceptors (Lipinski definition) is 4. The predicted octanol–water partition coefficient (Wildman–Crippen LogP) is 2.38. The van der Waals surface area contributed by atoms with Gasteiger partial charge in [0.05, 0.1) is 7.11 Å². The smallest absolute Gasteiger partial charge is 0.328 e. The molecule has 2 amide bonds. The fourth-order valence-electron chi connectivity index (χ4n) is 3.19. The summed E-state index contributed by atoms with van der Waals surface area (Å²) in [6, 6.07) is 4.78. The maximum atomic E-state index is 13.0. The van der Waals surface area contributed by atoms with Gasteiger partial charge in [0.15, 0.2) is 0 Å². The first-order chi connectivity index (χ1) is 12.9. The largest absolute Gasteiger partial charge is 0.467 e. The highest BCUT2D eigenvalue weighted by Crippen LogP contribution is 2.20. The number of piperidine rings is 1. The maximum Gasteiger partial charge on any atom is 0.328 e. The molecule has 0 aromatic heterocycles. The van der Waals surface area contributed by atoms with Crippen molar-refractivity contribution in [2.75, 3.05) is 20.2 Å². The molecule has 0 radical (unpaired) electrons. The predicted molar refractivity (Wildman–Crippen MR) is 98.4 cm³/mol. The number of benzene rings is 1. The fourth-order valence-corrected chi connectivity index (χ4v) is 3.19. The minimum absolute atomic E-state index is 0.0263. The zero-order chi connectivity index (χ0) is 20.0. The van der Waals surface area contributed by atoms with Crippen molar-refractivity contribution >= 4 is 17.8 Å². The normalized spacial score (nSPS) is 17.1. The number of esters is 1. The van der Waals surface area contributed by atoms with Gasteiger partial charge in [0.2, 0.25) is 5.91 Å². The van der Waals surface area contributed by atoms with E-state index in [9.17, 15) is 18.8 Å². The van der Waals surface area contributed by atoms with E-state index in [-0.39, 0.29) is 29.5 Å². The zero-order valence-corrected chi connectivity index (χ0v) is 16.0. The highest BCUT2D eigenvalue weighted by Gasteiger charge is 2.32. The zero-order valence-electron chi connectivity index (χ0n) is 16.0. The Morgan fingerprint density at radius 1 is 1.22 bits per heavy atom. The molecule has 1 N–H and O–H groups in total. The van der Waals surface area contributed by atoms with E-state index < -0.39 is 12.0 Å². The minimum Gasteiger partial charge on any atom is -0.467 e. The average molecular weight is 378 g/mol. The van der Waals surface area contributed by atoms with Crippen molar-refractivity contribution in [3.8, 4) is 0 Å². The summed E-state index contributed by atoms with van der Waals surface area (Å²) in [7, 11) is 1.31. The topological polar surface area (TPSA) is 75.7 Å². The van der Waals surface area contributed by atoms with Crippen molar-refractivity contribution in [1.82, 2.24) is 10.2 Å². The third kappa shape index (κ3) is 5.28. The number of nitrogens with one attached hydrogen (secondary N) is 1. The van der Waals surface area contributed by atoms with Gasteiger partial charge in [-0.1, -0.05) is 20.3 Å². The van der Waals surface area contributed by atoms with Gasteiger partial charge in [-0.25, -0.2) is 9.18 Å². The van der Waals surface area contributed by atoms with Gasteiger partial charge in [-0.05, 0) is 43.0 Å². The Bertz CT molecular complexity index is 669. The average Bonchev–Trinajstić information content (AvgIpc) is 2.70. The van der Waals surface area contributed by atoms with E-state index in [0.717, 1.165) is 6.42 Å². The Labute approximate surface area is 159 Å². The van der Waals surface area contributed by atoms with Gasteiger partial charge in [0, 0.05) is 24.6 Å². The summed E-state index contributed by atoms with van der Waals surface area (Å²) in [5.74, 6) is -1.45. The van der Waals surface area contributed by atoms with Crippen molar-refractivity contribution in [2.24, 2.45) is 11.8 Å². The highest BCUT2D eigenvalue weighted by molar-refractivity contribution is 5.94. The highest BCUT2D eigenvalue weighted by atomic mass is 19.1. The van der Waals surface area contributed by atoms with Gasteiger partial charge in [-0.15, -0.1) is 0 Å². The Morgan fingerprint density at radius 2 is 1.81 bits per heavy atom. The lowest BCUT2D eigenvalue weighted by molar-refractivity contribution is -0.147. The first kappa shape index (κ1) is 20.9. The summed E-state index contributed by atoms with van der Waals surface area (Å²) in [5, 5.41) is 2.81. The van der Waals surface area contributed by atoms with Crippen LogP contribution in [0.1, 0.15) is 43.5 Å². The number of carbonyl (C=O) groups is 3. The van der Waals surface area contributed by atoms with E-state index in [2.05, 4.69) is 5.32 Å². The minimum atomic E-state index is -0.661. The Kier molecular flexibility index (Phi) is 7.33. The molecule has 1 saturated heterocycles. The number of halogens is 1. The van der Waals surface area contributed by atoms with Crippen molar-refractivity contribution in [1.29, 1.82) is 0 Å². The van der Waals surface area contributed by atoms with Crippen molar-refractivity contribution < 1.29 is 23.5 Å². The molecule has 0 bridgehead atoms.